The number of aromatic nitrogens is 2. The van der Waals surface area contributed by atoms with Crippen molar-refractivity contribution in [1.82, 2.24) is 14.5 Å². The summed E-state index contributed by atoms with van der Waals surface area (Å²) in [6.45, 7) is 3.76. The molecule has 1 fully saturated rings. The summed E-state index contributed by atoms with van der Waals surface area (Å²) in [5.74, 6) is 1.41. The number of likely N-dealkylation sites (tertiary alicyclic amines) is 1. The summed E-state index contributed by atoms with van der Waals surface area (Å²) < 4.78 is 7.15. The van der Waals surface area contributed by atoms with Gasteiger partial charge in [-0.25, -0.2) is 4.98 Å². The van der Waals surface area contributed by atoms with Gasteiger partial charge in [-0.1, -0.05) is 18.6 Å². The summed E-state index contributed by atoms with van der Waals surface area (Å²) in [7, 11) is 0. The number of piperidine rings is 1. The van der Waals surface area contributed by atoms with Crippen molar-refractivity contribution in [3.05, 3.63) is 64.6 Å². The number of para-hydroxylation sites is 1. The van der Waals surface area contributed by atoms with E-state index in [1.165, 1.54) is 19.3 Å². The Morgan fingerprint density at radius 1 is 1.00 bits per heavy atom. The van der Waals surface area contributed by atoms with Gasteiger partial charge >= 0.3 is 0 Å². The van der Waals surface area contributed by atoms with Crippen LogP contribution in [0.2, 0.25) is 0 Å². The largest absolute Gasteiger partial charge is 0.465 e. The predicted molar refractivity (Wildman–Crippen MR) is 104 cm³/mol. The number of rotatable bonds is 5. The van der Waals surface area contributed by atoms with Gasteiger partial charge in [0, 0.05) is 13.1 Å². The molecule has 1 aromatic carbocycles. The average molecular weight is 349 g/mol. The molecule has 1 aliphatic heterocycles. The first-order valence-electron chi connectivity index (χ1n) is 9.25. The molecule has 2 aromatic heterocycles. The molecular formula is C21H23N3O2. The number of hydrogen-bond acceptors (Lipinski definition) is 4. The molecule has 0 radical (unpaired) electrons. The Kier molecular flexibility index (Phi) is 4.97. The Hall–Kier alpha value is -2.66. The average Bonchev–Trinajstić information content (AvgIpc) is 3.20. The molecule has 0 aliphatic carbocycles. The molecule has 0 atom stereocenters. The van der Waals surface area contributed by atoms with Crippen LogP contribution in [0.3, 0.4) is 0 Å². The molecule has 0 saturated carbocycles. The highest BCUT2D eigenvalue weighted by Crippen LogP contribution is 2.13. The van der Waals surface area contributed by atoms with Gasteiger partial charge < -0.3 is 9.32 Å². The second-order valence-electron chi connectivity index (χ2n) is 6.69. The number of benzene rings is 1. The van der Waals surface area contributed by atoms with E-state index in [2.05, 4.69) is 4.90 Å². The van der Waals surface area contributed by atoms with Gasteiger partial charge in [0.2, 0.25) is 0 Å². The quantitative estimate of drug-likeness (QED) is 0.706. The first-order valence-corrected chi connectivity index (χ1v) is 9.25. The first-order chi connectivity index (χ1) is 12.8. The van der Waals surface area contributed by atoms with E-state index in [0.717, 1.165) is 30.9 Å². The molecule has 1 aliphatic rings. The summed E-state index contributed by atoms with van der Waals surface area (Å²) in [6.07, 6.45) is 9.16. The Morgan fingerprint density at radius 2 is 1.85 bits per heavy atom. The Bertz CT molecular complexity index is 951. The predicted octanol–water partition coefficient (Wildman–Crippen LogP) is 3.65. The molecule has 5 nitrogen and oxygen atoms in total. The van der Waals surface area contributed by atoms with Gasteiger partial charge in [-0.15, -0.1) is 0 Å². The summed E-state index contributed by atoms with van der Waals surface area (Å²) in [6, 6.07) is 11.3. The zero-order valence-corrected chi connectivity index (χ0v) is 14.8. The minimum atomic E-state index is 0.0201. The molecule has 26 heavy (non-hydrogen) atoms. The van der Waals surface area contributed by atoms with Crippen molar-refractivity contribution in [3.63, 3.8) is 0 Å². The fraction of sp³-hybridized carbons (Fsp3) is 0.333. The maximum atomic E-state index is 13.0. The third kappa shape index (κ3) is 3.63. The lowest BCUT2D eigenvalue weighted by Gasteiger charge is -2.26. The van der Waals surface area contributed by atoms with Crippen LogP contribution in [0.1, 0.15) is 30.8 Å². The van der Waals surface area contributed by atoms with Gasteiger partial charge in [-0.3, -0.25) is 9.36 Å². The molecule has 3 aromatic rings. The lowest BCUT2D eigenvalue weighted by Crippen LogP contribution is -2.35. The molecule has 0 bridgehead atoms. The Labute approximate surface area is 152 Å². The number of furan rings is 1. The molecule has 134 valence electrons. The van der Waals surface area contributed by atoms with Crippen LogP contribution in [0.5, 0.6) is 0 Å². The van der Waals surface area contributed by atoms with Crippen molar-refractivity contribution in [3.8, 4) is 0 Å². The van der Waals surface area contributed by atoms with Crippen LogP contribution in [0.25, 0.3) is 23.1 Å². The van der Waals surface area contributed by atoms with Crippen molar-refractivity contribution in [1.29, 1.82) is 0 Å². The zero-order chi connectivity index (χ0) is 17.8. The van der Waals surface area contributed by atoms with Gasteiger partial charge in [-0.05, 0) is 62.3 Å². The summed E-state index contributed by atoms with van der Waals surface area (Å²) >= 11 is 0. The van der Waals surface area contributed by atoms with Crippen LogP contribution < -0.4 is 5.56 Å². The van der Waals surface area contributed by atoms with Crippen LogP contribution in [-0.2, 0) is 6.54 Å². The topological polar surface area (TPSA) is 51.3 Å². The van der Waals surface area contributed by atoms with Crippen molar-refractivity contribution in [2.75, 3.05) is 19.6 Å². The van der Waals surface area contributed by atoms with E-state index in [1.54, 1.807) is 10.8 Å². The fourth-order valence-corrected chi connectivity index (χ4v) is 3.50. The summed E-state index contributed by atoms with van der Waals surface area (Å²) in [5.41, 5.74) is 0.748. The fourth-order valence-electron chi connectivity index (χ4n) is 3.50. The molecule has 4 rings (SSSR count). The van der Waals surface area contributed by atoms with Gasteiger partial charge in [0.15, 0.2) is 0 Å². The number of nitrogens with zero attached hydrogens (tertiary/aromatic N) is 3. The Balaban J connectivity index is 1.68. The van der Waals surface area contributed by atoms with Crippen LogP contribution in [0.15, 0.2) is 51.9 Å². The number of hydrogen-bond donors (Lipinski definition) is 0. The molecule has 5 heteroatoms. The van der Waals surface area contributed by atoms with Crippen molar-refractivity contribution in [2.24, 2.45) is 0 Å². The second kappa shape index (κ2) is 7.70. The third-order valence-electron chi connectivity index (χ3n) is 4.92. The SMILES string of the molecule is O=c1c2ccccc2nc(/C=C/c2ccco2)n1CCN1CCCCC1. The van der Waals surface area contributed by atoms with Crippen LogP contribution in [-0.4, -0.2) is 34.1 Å². The highest BCUT2D eigenvalue weighted by atomic mass is 16.3. The third-order valence-corrected chi connectivity index (χ3v) is 4.92. The van der Waals surface area contributed by atoms with Crippen molar-refractivity contribution >= 4 is 23.1 Å². The first kappa shape index (κ1) is 16.8. The minimum absolute atomic E-state index is 0.0201. The van der Waals surface area contributed by atoms with Crippen molar-refractivity contribution in [2.45, 2.75) is 25.8 Å². The van der Waals surface area contributed by atoms with E-state index in [4.69, 9.17) is 9.40 Å². The van der Waals surface area contributed by atoms with Gasteiger partial charge in [0.25, 0.3) is 5.56 Å². The van der Waals surface area contributed by atoms with E-state index >= 15 is 0 Å². The normalized spacial score (nSPS) is 15.8. The van der Waals surface area contributed by atoms with E-state index in [0.29, 0.717) is 17.8 Å². The lowest BCUT2D eigenvalue weighted by atomic mass is 10.1. The van der Waals surface area contributed by atoms with Gasteiger partial charge in [0.05, 0.1) is 17.2 Å². The van der Waals surface area contributed by atoms with Crippen LogP contribution >= 0.6 is 0 Å². The molecular weight excluding hydrogens is 326 g/mol. The summed E-state index contributed by atoms with van der Waals surface area (Å²) in [5, 5.41) is 0.668. The monoisotopic (exact) mass is 349 g/mol. The maximum Gasteiger partial charge on any atom is 0.261 e. The van der Waals surface area contributed by atoms with Crippen molar-refractivity contribution < 1.29 is 4.42 Å². The molecule has 0 amide bonds. The Morgan fingerprint density at radius 3 is 2.65 bits per heavy atom. The molecule has 1 saturated heterocycles. The van der Waals surface area contributed by atoms with Gasteiger partial charge in [0.1, 0.15) is 11.6 Å². The lowest BCUT2D eigenvalue weighted by molar-refractivity contribution is 0.219. The standard InChI is InChI=1S/C21H23N3O2/c25-21-18-8-2-3-9-19(18)22-20(11-10-17-7-6-16-26-17)24(21)15-14-23-12-4-1-5-13-23/h2-3,6-11,16H,1,4-5,12-15H2/b11-10+. The van der Waals surface area contributed by atoms with E-state index in [-0.39, 0.29) is 5.56 Å². The van der Waals surface area contributed by atoms with Crippen LogP contribution in [0.4, 0.5) is 0 Å². The van der Waals surface area contributed by atoms with Gasteiger partial charge in [-0.2, -0.15) is 0 Å². The smallest absolute Gasteiger partial charge is 0.261 e. The molecule has 0 spiro atoms. The number of fused-ring (bicyclic) bond motifs is 1. The van der Waals surface area contributed by atoms with E-state index in [9.17, 15) is 4.79 Å². The highest BCUT2D eigenvalue weighted by Gasteiger charge is 2.13. The van der Waals surface area contributed by atoms with E-state index in [1.807, 2.05) is 48.6 Å². The van der Waals surface area contributed by atoms with Crippen LogP contribution in [0, 0.1) is 0 Å². The summed E-state index contributed by atoms with van der Waals surface area (Å²) in [4.78, 5) is 20.2. The minimum Gasteiger partial charge on any atom is -0.465 e. The second-order valence-corrected chi connectivity index (χ2v) is 6.69. The molecule has 3 heterocycles. The van der Waals surface area contributed by atoms with E-state index < -0.39 is 0 Å². The maximum absolute atomic E-state index is 13.0. The zero-order valence-electron chi connectivity index (χ0n) is 14.8. The molecule has 0 N–H and O–H groups in total. The highest BCUT2D eigenvalue weighted by molar-refractivity contribution is 5.79. The molecule has 0 unspecified atom stereocenters.